The van der Waals surface area contributed by atoms with Crippen LogP contribution in [0, 0.1) is 6.57 Å². The van der Waals surface area contributed by atoms with E-state index in [9.17, 15) is 17.2 Å². The predicted molar refractivity (Wildman–Crippen MR) is 71.4 cm³/mol. The van der Waals surface area contributed by atoms with Crippen LogP contribution in [-0.4, -0.2) is 13.4 Å². The fourth-order valence-electron chi connectivity index (χ4n) is 1.88. The van der Waals surface area contributed by atoms with Crippen molar-refractivity contribution in [3.8, 4) is 0 Å². The van der Waals surface area contributed by atoms with Crippen molar-refractivity contribution in [2.45, 2.75) is 17.2 Å². The van der Waals surface area contributed by atoms with Gasteiger partial charge in [-0.05, 0) is 11.6 Å². The molecule has 1 aromatic rings. The van der Waals surface area contributed by atoms with Crippen LogP contribution in [0.2, 0.25) is 0 Å². The number of sulfone groups is 1. The smallest absolute Gasteiger partial charge is 0.233 e. The number of halogens is 2. The third kappa shape index (κ3) is 2.63. The van der Waals surface area contributed by atoms with E-state index in [1.807, 2.05) is 0 Å². The zero-order chi connectivity index (χ0) is 14.8. The molecule has 1 aliphatic rings. The van der Waals surface area contributed by atoms with Crippen molar-refractivity contribution in [2.75, 3.05) is 0 Å². The Morgan fingerprint density at radius 1 is 1.30 bits per heavy atom. The van der Waals surface area contributed by atoms with Gasteiger partial charge in [-0.25, -0.2) is 22.0 Å². The summed E-state index contributed by atoms with van der Waals surface area (Å²) in [6.07, 6.45) is 0.687. The predicted octanol–water partition coefficient (Wildman–Crippen LogP) is 3.33. The number of benzene rings is 1. The summed E-state index contributed by atoms with van der Waals surface area (Å²) in [7, 11) is -4.23. The number of allylic oxidation sites excluding steroid dienone is 2. The van der Waals surface area contributed by atoms with Gasteiger partial charge in [0.15, 0.2) is 9.84 Å². The molecule has 0 bridgehead atoms. The van der Waals surface area contributed by atoms with E-state index in [-0.39, 0.29) is 5.70 Å². The first-order valence-electron chi connectivity index (χ1n) is 5.78. The van der Waals surface area contributed by atoms with Gasteiger partial charge in [0.1, 0.15) is 5.83 Å². The molecule has 0 N–H and O–H groups in total. The van der Waals surface area contributed by atoms with Gasteiger partial charge in [-0.1, -0.05) is 36.4 Å². The normalized spacial score (nSPS) is 22.6. The highest BCUT2D eigenvalue weighted by molar-refractivity contribution is 7.92. The monoisotopic (exact) mass is 295 g/mol. The summed E-state index contributed by atoms with van der Waals surface area (Å²) < 4.78 is 52.3. The van der Waals surface area contributed by atoms with Crippen molar-refractivity contribution in [2.24, 2.45) is 0 Å². The highest BCUT2D eigenvalue weighted by Crippen LogP contribution is 2.37. The standard InChI is InChI=1S/C14H11F2NO2S/c1-17-13-7-8-14(16,9-12(13)15)20(18,19)10-11-5-3-2-4-6-11/h2-8H,9-10H2. The van der Waals surface area contributed by atoms with E-state index in [0.29, 0.717) is 5.56 Å². The van der Waals surface area contributed by atoms with Crippen molar-refractivity contribution in [3.63, 3.8) is 0 Å². The van der Waals surface area contributed by atoms with E-state index in [0.717, 1.165) is 12.2 Å². The first-order chi connectivity index (χ1) is 9.38. The van der Waals surface area contributed by atoms with E-state index in [4.69, 9.17) is 6.57 Å². The van der Waals surface area contributed by atoms with Crippen LogP contribution in [0.5, 0.6) is 0 Å². The van der Waals surface area contributed by atoms with Crippen LogP contribution < -0.4 is 0 Å². The maximum absolute atomic E-state index is 14.5. The quantitative estimate of drug-likeness (QED) is 0.802. The Morgan fingerprint density at radius 2 is 1.95 bits per heavy atom. The van der Waals surface area contributed by atoms with Gasteiger partial charge in [-0.15, -0.1) is 0 Å². The molecule has 2 rings (SSSR count). The Hall–Kier alpha value is -2.00. The van der Waals surface area contributed by atoms with E-state index >= 15 is 0 Å². The number of hydrogen-bond donors (Lipinski definition) is 0. The number of alkyl halides is 1. The molecule has 1 aliphatic carbocycles. The molecule has 104 valence electrons. The molecule has 1 atom stereocenters. The highest BCUT2D eigenvalue weighted by Gasteiger charge is 2.44. The molecular formula is C14H11F2NO2S. The molecule has 0 radical (unpaired) electrons. The van der Waals surface area contributed by atoms with Crippen molar-refractivity contribution < 1.29 is 17.2 Å². The largest absolute Gasteiger partial charge is 0.235 e. The molecule has 6 heteroatoms. The lowest BCUT2D eigenvalue weighted by Gasteiger charge is -2.24. The zero-order valence-corrected chi connectivity index (χ0v) is 11.2. The molecule has 0 spiro atoms. The molecule has 1 aromatic carbocycles. The average molecular weight is 295 g/mol. The lowest BCUT2D eigenvalue weighted by atomic mass is 10.1. The summed E-state index contributed by atoms with van der Waals surface area (Å²) >= 11 is 0. The Balaban J connectivity index is 2.30. The molecule has 0 heterocycles. The second-order valence-electron chi connectivity index (χ2n) is 4.44. The van der Waals surface area contributed by atoms with Crippen LogP contribution in [0.25, 0.3) is 4.85 Å². The fourth-order valence-corrected chi connectivity index (χ4v) is 3.37. The summed E-state index contributed by atoms with van der Waals surface area (Å²) in [5.41, 5.74) is 0.0754. The van der Waals surface area contributed by atoms with Crippen LogP contribution in [0.1, 0.15) is 12.0 Å². The SMILES string of the molecule is [C-]#[N+]C1=C(F)CC(F)(S(=O)(=O)Cc2ccccc2)C=C1. The molecule has 0 amide bonds. The van der Waals surface area contributed by atoms with Crippen LogP contribution in [0.3, 0.4) is 0 Å². The summed E-state index contributed by atoms with van der Waals surface area (Å²) in [6.45, 7) is 6.70. The minimum absolute atomic E-state index is 0.354. The average Bonchev–Trinajstić information content (AvgIpc) is 2.39. The van der Waals surface area contributed by atoms with Crippen molar-refractivity contribution >= 4 is 9.84 Å². The lowest BCUT2D eigenvalue weighted by molar-refractivity contribution is 0.305. The number of hydrogen-bond acceptors (Lipinski definition) is 2. The summed E-state index contributed by atoms with van der Waals surface area (Å²) in [5, 5.41) is -2.80. The molecule has 0 aliphatic heterocycles. The summed E-state index contributed by atoms with van der Waals surface area (Å²) in [6, 6.07) is 8.12. The Bertz CT molecular complexity index is 717. The Kier molecular flexibility index (Phi) is 3.73. The number of nitrogens with zero attached hydrogens (tertiary/aromatic N) is 1. The highest BCUT2D eigenvalue weighted by atomic mass is 32.2. The first-order valence-corrected chi connectivity index (χ1v) is 7.44. The Morgan fingerprint density at radius 3 is 2.50 bits per heavy atom. The van der Waals surface area contributed by atoms with Gasteiger partial charge in [0.25, 0.3) is 0 Å². The maximum atomic E-state index is 14.5. The fraction of sp³-hybridized carbons (Fsp3) is 0.214. The van der Waals surface area contributed by atoms with Gasteiger partial charge in [-0.3, -0.25) is 0 Å². The van der Waals surface area contributed by atoms with Crippen molar-refractivity contribution in [1.29, 1.82) is 0 Å². The van der Waals surface area contributed by atoms with Gasteiger partial charge < -0.3 is 0 Å². The minimum Gasteiger partial charge on any atom is -0.235 e. The maximum Gasteiger partial charge on any atom is 0.233 e. The molecule has 0 saturated heterocycles. The first kappa shape index (κ1) is 14.4. The molecule has 3 nitrogen and oxygen atoms in total. The van der Waals surface area contributed by atoms with Gasteiger partial charge in [0.05, 0.1) is 12.3 Å². The second-order valence-corrected chi connectivity index (χ2v) is 6.64. The second kappa shape index (κ2) is 5.17. The zero-order valence-electron chi connectivity index (χ0n) is 10.4. The number of rotatable bonds is 3. The van der Waals surface area contributed by atoms with Gasteiger partial charge in [0, 0.05) is 6.42 Å². The van der Waals surface area contributed by atoms with E-state index in [1.54, 1.807) is 30.3 Å². The molecular weight excluding hydrogens is 284 g/mol. The third-order valence-corrected chi connectivity index (χ3v) is 5.03. The van der Waals surface area contributed by atoms with Crippen LogP contribution in [-0.2, 0) is 15.6 Å². The molecule has 20 heavy (non-hydrogen) atoms. The van der Waals surface area contributed by atoms with Gasteiger partial charge in [0.2, 0.25) is 10.7 Å². The van der Waals surface area contributed by atoms with Crippen LogP contribution in [0.15, 0.2) is 54.0 Å². The van der Waals surface area contributed by atoms with Crippen LogP contribution in [0.4, 0.5) is 8.78 Å². The topological polar surface area (TPSA) is 38.5 Å². The van der Waals surface area contributed by atoms with Gasteiger partial charge >= 0.3 is 0 Å². The minimum atomic E-state index is -4.23. The van der Waals surface area contributed by atoms with Crippen molar-refractivity contribution in [3.05, 3.63) is 71.0 Å². The molecule has 1 unspecified atom stereocenters. The van der Waals surface area contributed by atoms with Gasteiger partial charge in [-0.2, -0.15) is 0 Å². The van der Waals surface area contributed by atoms with Crippen LogP contribution >= 0.6 is 0 Å². The molecule has 0 fully saturated rings. The van der Waals surface area contributed by atoms with E-state index in [2.05, 4.69) is 4.85 Å². The summed E-state index contributed by atoms with van der Waals surface area (Å²) in [5.74, 6) is -1.56. The molecule has 0 saturated carbocycles. The van der Waals surface area contributed by atoms with E-state index in [1.165, 1.54) is 0 Å². The Labute approximate surface area is 116 Å². The lowest BCUT2D eigenvalue weighted by Crippen LogP contribution is -2.34. The van der Waals surface area contributed by atoms with Crippen molar-refractivity contribution in [1.82, 2.24) is 0 Å². The third-order valence-electron chi connectivity index (χ3n) is 3.00. The molecule has 0 aromatic heterocycles. The summed E-state index contributed by atoms with van der Waals surface area (Å²) in [4.78, 5) is 2.87. The van der Waals surface area contributed by atoms with E-state index < -0.39 is 32.8 Å².